The highest BCUT2D eigenvalue weighted by atomic mass is 16.5. The van der Waals surface area contributed by atoms with Crippen LogP contribution in [0.2, 0.25) is 0 Å². The standard InChI is InChI=1S/C25H29NO3/c1-27-21-12-8-19(9-13-21)18-26-17-16-23(20-10-14-22(28-2)15-11-20)24-6-4-5-7-25(24)29-3/h4-15,23,26H,16-18H2,1-3H3/t23-/m1/s1. The number of ether oxygens (including phenoxy) is 3. The van der Waals surface area contributed by atoms with Crippen molar-refractivity contribution in [2.24, 2.45) is 0 Å². The number of para-hydroxylation sites is 1. The highest BCUT2D eigenvalue weighted by Crippen LogP contribution is 2.34. The maximum atomic E-state index is 5.63. The molecule has 0 saturated heterocycles. The second-order valence-electron chi connectivity index (χ2n) is 6.88. The van der Waals surface area contributed by atoms with Crippen LogP contribution >= 0.6 is 0 Å². The van der Waals surface area contributed by atoms with Crippen LogP contribution in [0, 0.1) is 0 Å². The highest BCUT2D eigenvalue weighted by molar-refractivity contribution is 5.43. The molecule has 0 radical (unpaired) electrons. The van der Waals surface area contributed by atoms with Crippen LogP contribution in [-0.2, 0) is 6.54 Å². The molecule has 0 aliphatic carbocycles. The summed E-state index contributed by atoms with van der Waals surface area (Å²) in [5.41, 5.74) is 3.69. The Morgan fingerprint density at radius 3 is 1.97 bits per heavy atom. The van der Waals surface area contributed by atoms with Crippen molar-refractivity contribution in [3.63, 3.8) is 0 Å². The van der Waals surface area contributed by atoms with E-state index in [0.717, 1.165) is 36.8 Å². The van der Waals surface area contributed by atoms with Crippen molar-refractivity contribution in [3.05, 3.63) is 89.5 Å². The van der Waals surface area contributed by atoms with Gasteiger partial charge in [-0.25, -0.2) is 0 Å². The molecule has 0 aliphatic heterocycles. The molecule has 1 N–H and O–H groups in total. The molecule has 3 rings (SSSR count). The van der Waals surface area contributed by atoms with Crippen molar-refractivity contribution < 1.29 is 14.2 Å². The zero-order valence-electron chi connectivity index (χ0n) is 17.4. The molecule has 0 amide bonds. The van der Waals surface area contributed by atoms with E-state index in [-0.39, 0.29) is 5.92 Å². The molecule has 0 fully saturated rings. The van der Waals surface area contributed by atoms with Gasteiger partial charge in [0.1, 0.15) is 17.2 Å². The van der Waals surface area contributed by atoms with Gasteiger partial charge in [0.15, 0.2) is 0 Å². The van der Waals surface area contributed by atoms with Gasteiger partial charge in [0.2, 0.25) is 0 Å². The average Bonchev–Trinajstić information content (AvgIpc) is 2.79. The number of rotatable bonds is 10. The summed E-state index contributed by atoms with van der Waals surface area (Å²) in [6, 6.07) is 24.7. The molecule has 0 aliphatic rings. The Bertz CT molecular complexity index is 875. The summed E-state index contributed by atoms with van der Waals surface area (Å²) in [6.45, 7) is 1.71. The van der Waals surface area contributed by atoms with Gasteiger partial charge in [0, 0.05) is 18.0 Å². The molecule has 4 nitrogen and oxygen atoms in total. The van der Waals surface area contributed by atoms with Crippen molar-refractivity contribution in [2.75, 3.05) is 27.9 Å². The SMILES string of the molecule is COc1ccc(CNCC[C@H](c2ccc(OC)cc2)c2ccccc2OC)cc1. The van der Waals surface area contributed by atoms with Gasteiger partial charge < -0.3 is 19.5 Å². The maximum absolute atomic E-state index is 5.63. The zero-order chi connectivity index (χ0) is 20.5. The van der Waals surface area contributed by atoms with Crippen LogP contribution in [0.15, 0.2) is 72.8 Å². The van der Waals surface area contributed by atoms with E-state index < -0.39 is 0 Å². The van der Waals surface area contributed by atoms with Crippen LogP contribution in [-0.4, -0.2) is 27.9 Å². The molecule has 3 aromatic rings. The second-order valence-corrected chi connectivity index (χ2v) is 6.88. The molecular formula is C25H29NO3. The molecule has 3 aromatic carbocycles. The molecule has 0 saturated carbocycles. The number of nitrogens with one attached hydrogen (secondary N) is 1. The van der Waals surface area contributed by atoms with E-state index in [1.54, 1.807) is 21.3 Å². The topological polar surface area (TPSA) is 39.7 Å². The van der Waals surface area contributed by atoms with Crippen LogP contribution in [0.1, 0.15) is 29.0 Å². The Balaban J connectivity index is 1.70. The lowest BCUT2D eigenvalue weighted by atomic mass is 9.88. The van der Waals surface area contributed by atoms with Crippen LogP contribution in [0.25, 0.3) is 0 Å². The lowest BCUT2D eigenvalue weighted by Crippen LogP contribution is -2.18. The third-order valence-corrected chi connectivity index (χ3v) is 5.13. The summed E-state index contributed by atoms with van der Waals surface area (Å²) in [5, 5.41) is 3.56. The number of hydrogen-bond donors (Lipinski definition) is 1. The molecule has 1 atom stereocenters. The second kappa shape index (κ2) is 10.5. The van der Waals surface area contributed by atoms with Gasteiger partial charge in [-0.3, -0.25) is 0 Å². The summed E-state index contributed by atoms with van der Waals surface area (Å²) < 4.78 is 16.2. The Morgan fingerprint density at radius 1 is 0.724 bits per heavy atom. The summed E-state index contributed by atoms with van der Waals surface area (Å²) in [6.07, 6.45) is 0.961. The smallest absolute Gasteiger partial charge is 0.122 e. The normalized spacial score (nSPS) is 11.7. The molecule has 0 bridgehead atoms. The Morgan fingerprint density at radius 2 is 1.34 bits per heavy atom. The minimum absolute atomic E-state index is 0.237. The minimum Gasteiger partial charge on any atom is -0.497 e. The van der Waals surface area contributed by atoms with E-state index in [1.165, 1.54) is 16.7 Å². The molecule has 29 heavy (non-hydrogen) atoms. The molecule has 0 heterocycles. The summed E-state index contributed by atoms with van der Waals surface area (Å²) >= 11 is 0. The van der Waals surface area contributed by atoms with Crippen molar-refractivity contribution in [2.45, 2.75) is 18.9 Å². The first-order valence-corrected chi connectivity index (χ1v) is 9.85. The number of methoxy groups -OCH3 is 3. The summed E-state index contributed by atoms with van der Waals surface area (Å²) in [4.78, 5) is 0. The van der Waals surface area contributed by atoms with Crippen molar-refractivity contribution in [3.8, 4) is 17.2 Å². The predicted octanol–water partition coefficient (Wildman–Crippen LogP) is 5.02. The number of hydrogen-bond acceptors (Lipinski definition) is 4. The van der Waals surface area contributed by atoms with Crippen molar-refractivity contribution in [1.82, 2.24) is 5.32 Å². The minimum atomic E-state index is 0.237. The van der Waals surface area contributed by atoms with Gasteiger partial charge in [-0.15, -0.1) is 0 Å². The summed E-state index contributed by atoms with van der Waals surface area (Å²) in [7, 11) is 5.10. The van der Waals surface area contributed by atoms with Crippen LogP contribution < -0.4 is 19.5 Å². The lowest BCUT2D eigenvalue weighted by Gasteiger charge is -2.21. The van der Waals surface area contributed by atoms with E-state index in [4.69, 9.17) is 14.2 Å². The number of benzene rings is 3. The Hall–Kier alpha value is -2.98. The first-order valence-electron chi connectivity index (χ1n) is 9.85. The quantitative estimate of drug-likeness (QED) is 0.493. The van der Waals surface area contributed by atoms with Gasteiger partial charge in [-0.1, -0.05) is 42.5 Å². The van der Waals surface area contributed by atoms with Gasteiger partial charge >= 0.3 is 0 Å². The fourth-order valence-corrected chi connectivity index (χ4v) is 3.51. The highest BCUT2D eigenvalue weighted by Gasteiger charge is 2.18. The van der Waals surface area contributed by atoms with Gasteiger partial charge in [0.05, 0.1) is 21.3 Å². The van der Waals surface area contributed by atoms with Gasteiger partial charge in [-0.2, -0.15) is 0 Å². The lowest BCUT2D eigenvalue weighted by molar-refractivity contribution is 0.406. The third kappa shape index (κ3) is 5.52. The fraction of sp³-hybridized carbons (Fsp3) is 0.280. The zero-order valence-corrected chi connectivity index (χ0v) is 17.4. The first kappa shape index (κ1) is 20.7. The van der Waals surface area contributed by atoms with E-state index >= 15 is 0 Å². The Labute approximate surface area is 173 Å². The summed E-state index contributed by atoms with van der Waals surface area (Å²) in [5.74, 6) is 2.90. The van der Waals surface area contributed by atoms with E-state index in [2.05, 4.69) is 41.7 Å². The van der Waals surface area contributed by atoms with Crippen molar-refractivity contribution >= 4 is 0 Å². The average molecular weight is 392 g/mol. The van der Waals surface area contributed by atoms with Gasteiger partial charge in [-0.05, 0) is 54.4 Å². The molecule has 4 heteroatoms. The van der Waals surface area contributed by atoms with Crippen LogP contribution in [0.3, 0.4) is 0 Å². The predicted molar refractivity (Wildman–Crippen MR) is 117 cm³/mol. The maximum Gasteiger partial charge on any atom is 0.122 e. The molecule has 0 spiro atoms. The van der Waals surface area contributed by atoms with Crippen molar-refractivity contribution in [1.29, 1.82) is 0 Å². The largest absolute Gasteiger partial charge is 0.497 e. The van der Waals surface area contributed by atoms with E-state index in [0.29, 0.717) is 0 Å². The van der Waals surface area contributed by atoms with Crippen LogP contribution in [0.4, 0.5) is 0 Å². The fourth-order valence-electron chi connectivity index (χ4n) is 3.51. The molecule has 0 unspecified atom stereocenters. The first-order chi connectivity index (χ1) is 14.2. The van der Waals surface area contributed by atoms with Gasteiger partial charge in [0.25, 0.3) is 0 Å². The van der Waals surface area contributed by atoms with E-state index in [9.17, 15) is 0 Å². The van der Waals surface area contributed by atoms with Crippen LogP contribution in [0.5, 0.6) is 17.2 Å². The third-order valence-electron chi connectivity index (χ3n) is 5.13. The van der Waals surface area contributed by atoms with E-state index in [1.807, 2.05) is 36.4 Å². The monoisotopic (exact) mass is 391 g/mol. The molecule has 152 valence electrons. The Kier molecular flexibility index (Phi) is 7.54. The molecule has 0 aromatic heterocycles. The molecular weight excluding hydrogens is 362 g/mol.